The van der Waals surface area contributed by atoms with Gasteiger partial charge in [-0.15, -0.1) is 0 Å². The van der Waals surface area contributed by atoms with Gasteiger partial charge in [0.1, 0.15) is 5.78 Å². The number of carbonyl (C=O) groups excluding carboxylic acids is 1. The molecule has 0 radical (unpaired) electrons. The quantitative estimate of drug-likeness (QED) is 0.750. The molecule has 1 atom stereocenters. The van der Waals surface area contributed by atoms with Gasteiger partial charge in [0.2, 0.25) is 0 Å². The third-order valence-corrected chi connectivity index (χ3v) is 4.45. The molecule has 1 aromatic carbocycles. The van der Waals surface area contributed by atoms with Crippen LogP contribution in [0.25, 0.3) is 0 Å². The number of ketones is 1. The zero-order chi connectivity index (χ0) is 12.3. The minimum Gasteiger partial charge on any atom is -0.299 e. The van der Waals surface area contributed by atoms with E-state index in [9.17, 15) is 4.79 Å². The number of hydrogen-bond donors (Lipinski definition) is 0. The number of halogens is 1. The summed E-state index contributed by atoms with van der Waals surface area (Å²) in [7, 11) is 0. The van der Waals surface area contributed by atoms with Crippen molar-refractivity contribution in [1.82, 2.24) is 0 Å². The highest BCUT2D eigenvalue weighted by Crippen LogP contribution is 2.37. The summed E-state index contributed by atoms with van der Waals surface area (Å²) in [5.74, 6) is 1.02. The second kappa shape index (κ2) is 5.81. The standard InChI is InChI=1S/C15H19BrO/c1-11(17)15(13-4-2-3-5-13)14-8-6-12(10-16)7-9-14/h6-9,13,15H,2-5,10H2,1H3. The number of rotatable bonds is 4. The Bertz CT molecular complexity index is 376. The van der Waals surface area contributed by atoms with Crippen LogP contribution in [0.4, 0.5) is 0 Å². The molecule has 17 heavy (non-hydrogen) atoms. The molecule has 1 aliphatic carbocycles. The van der Waals surface area contributed by atoms with Gasteiger partial charge in [0.25, 0.3) is 0 Å². The molecule has 1 aromatic rings. The van der Waals surface area contributed by atoms with E-state index in [2.05, 4.69) is 40.2 Å². The lowest BCUT2D eigenvalue weighted by molar-refractivity contribution is -0.119. The molecule has 0 N–H and O–H groups in total. The van der Waals surface area contributed by atoms with Crippen LogP contribution in [-0.2, 0) is 10.1 Å². The second-order valence-corrected chi connectivity index (χ2v) is 5.57. The van der Waals surface area contributed by atoms with Gasteiger partial charge in [-0.05, 0) is 36.8 Å². The lowest BCUT2D eigenvalue weighted by Gasteiger charge is -2.21. The summed E-state index contributed by atoms with van der Waals surface area (Å²) in [4.78, 5) is 11.9. The summed E-state index contributed by atoms with van der Waals surface area (Å²) in [5.41, 5.74) is 2.47. The van der Waals surface area contributed by atoms with E-state index in [4.69, 9.17) is 0 Å². The first-order chi connectivity index (χ1) is 8.22. The van der Waals surface area contributed by atoms with Gasteiger partial charge in [-0.25, -0.2) is 0 Å². The minimum atomic E-state index is 0.127. The van der Waals surface area contributed by atoms with Gasteiger partial charge in [0, 0.05) is 11.2 Å². The molecule has 1 unspecified atom stereocenters. The maximum atomic E-state index is 11.9. The van der Waals surface area contributed by atoms with E-state index in [1.807, 2.05) is 0 Å². The lowest BCUT2D eigenvalue weighted by Crippen LogP contribution is -2.17. The molecule has 0 heterocycles. The van der Waals surface area contributed by atoms with Crippen molar-refractivity contribution >= 4 is 21.7 Å². The fourth-order valence-electron chi connectivity index (χ4n) is 2.94. The Morgan fingerprint density at radius 3 is 2.35 bits per heavy atom. The van der Waals surface area contributed by atoms with Crippen LogP contribution in [0.5, 0.6) is 0 Å². The molecule has 2 heteroatoms. The second-order valence-electron chi connectivity index (χ2n) is 5.01. The number of alkyl halides is 1. The highest BCUT2D eigenvalue weighted by molar-refractivity contribution is 9.08. The number of hydrogen-bond acceptors (Lipinski definition) is 1. The van der Waals surface area contributed by atoms with Crippen molar-refractivity contribution in [3.63, 3.8) is 0 Å². The molecular weight excluding hydrogens is 276 g/mol. The van der Waals surface area contributed by atoms with Crippen LogP contribution >= 0.6 is 15.9 Å². The van der Waals surface area contributed by atoms with Crippen molar-refractivity contribution in [3.05, 3.63) is 35.4 Å². The molecule has 0 spiro atoms. The maximum absolute atomic E-state index is 11.9. The Kier molecular flexibility index (Phi) is 4.38. The number of Topliss-reactive ketones (excluding diaryl/α,β-unsaturated/α-hetero) is 1. The predicted octanol–water partition coefficient (Wildman–Crippen LogP) is 4.44. The third kappa shape index (κ3) is 2.98. The van der Waals surface area contributed by atoms with Crippen LogP contribution in [0.15, 0.2) is 24.3 Å². The Morgan fingerprint density at radius 1 is 1.29 bits per heavy atom. The van der Waals surface area contributed by atoms with Crippen LogP contribution in [0, 0.1) is 5.92 Å². The van der Waals surface area contributed by atoms with Crippen molar-refractivity contribution in [2.45, 2.75) is 43.9 Å². The number of carbonyl (C=O) groups is 1. The topological polar surface area (TPSA) is 17.1 Å². The molecular formula is C15H19BrO. The van der Waals surface area contributed by atoms with Crippen LogP contribution in [0.2, 0.25) is 0 Å². The van der Waals surface area contributed by atoms with Crippen molar-refractivity contribution in [1.29, 1.82) is 0 Å². The van der Waals surface area contributed by atoms with Gasteiger partial charge < -0.3 is 0 Å². The van der Waals surface area contributed by atoms with Crippen LogP contribution in [-0.4, -0.2) is 5.78 Å². The van der Waals surface area contributed by atoms with E-state index in [1.165, 1.54) is 36.8 Å². The van der Waals surface area contributed by atoms with Crippen LogP contribution in [0.3, 0.4) is 0 Å². The molecule has 0 saturated heterocycles. The molecule has 2 rings (SSSR count). The van der Waals surface area contributed by atoms with E-state index < -0.39 is 0 Å². The smallest absolute Gasteiger partial charge is 0.137 e. The SMILES string of the molecule is CC(=O)C(c1ccc(CBr)cc1)C1CCCC1. The van der Waals surface area contributed by atoms with Gasteiger partial charge in [0.15, 0.2) is 0 Å². The van der Waals surface area contributed by atoms with E-state index in [0.717, 1.165) is 5.33 Å². The molecule has 0 bridgehead atoms. The van der Waals surface area contributed by atoms with Crippen molar-refractivity contribution in [2.24, 2.45) is 5.92 Å². The minimum absolute atomic E-state index is 0.127. The van der Waals surface area contributed by atoms with Gasteiger partial charge in [-0.2, -0.15) is 0 Å². The number of benzene rings is 1. The first-order valence-corrected chi connectivity index (χ1v) is 7.49. The van der Waals surface area contributed by atoms with Crippen LogP contribution in [0.1, 0.15) is 49.7 Å². The summed E-state index contributed by atoms with van der Waals surface area (Å²) in [6.45, 7) is 1.74. The van der Waals surface area contributed by atoms with E-state index in [1.54, 1.807) is 6.92 Å². The molecule has 1 saturated carbocycles. The summed E-state index contributed by atoms with van der Waals surface area (Å²) in [5, 5.41) is 0.876. The highest BCUT2D eigenvalue weighted by atomic mass is 79.9. The monoisotopic (exact) mass is 294 g/mol. The Labute approximate surface area is 112 Å². The Hall–Kier alpha value is -0.630. The van der Waals surface area contributed by atoms with E-state index >= 15 is 0 Å². The molecule has 0 aliphatic heterocycles. The van der Waals surface area contributed by atoms with Crippen LogP contribution < -0.4 is 0 Å². The van der Waals surface area contributed by atoms with Gasteiger partial charge in [-0.1, -0.05) is 53.0 Å². The first-order valence-electron chi connectivity index (χ1n) is 6.37. The Balaban J connectivity index is 2.22. The Morgan fingerprint density at radius 2 is 1.88 bits per heavy atom. The largest absolute Gasteiger partial charge is 0.299 e. The first kappa shape index (κ1) is 12.8. The fourth-order valence-corrected chi connectivity index (χ4v) is 3.32. The van der Waals surface area contributed by atoms with Crippen molar-refractivity contribution in [2.75, 3.05) is 0 Å². The van der Waals surface area contributed by atoms with E-state index in [-0.39, 0.29) is 5.92 Å². The fraction of sp³-hybridized carbons (Fsp3) is 0.533. The average molecular weight is 295 g/mol. The summed E-state index contributed by atoms with van der Waals surface area (Å²) in [6.07, 6.45) is 5.00. The lowest BCUT2D eigenvalue weighted by atomic mass is 9.82. The molecule has 1 aliphatic rings. The van der Waals surface area contributed by atoms with E-state index in [0.29, 0.717) is 11.7 Å². The summed E-state index contributed by atoms with van der Waals surface area (Å²) < 4.78 is 0. The third-order valence-electron chi connectivity index (χ3n) is 3.80. The van der Waals surface area contributed by atoms with Crippen molar-refractivity contribution in [3.8, 4) is 0 Å². The summed E-state index contributed by atoms with van der Waals surface area (Å²) in [6, 6.07) is 8.49. The maximum Gasteiger partial charge on any atom is 0.137 e. The average Bonchev–Trinajstić information content (AvgIpc) is 2.83. The zero-order valence-corrected chi connectivity index (χ0v) is 11.9. The predicted molar refractivity (Wildman–Crippen MR) is 74.5 cm³/mol. The molecule has 0 amide bonds. The van der Waals surface area contributed by atoms with Gasteiger partial charge >= 0.3 is 0 Å². The van der Waals surface area contributed by atoms with Gasteiger partial charge in [-0.3, -0.25) is 4.79 Å². The van der Waals surface area contributed by atoms with Gasteiger partial charge in [0.05, 0.1) is 0 Å². The molecule has 1 fully saturated rings. The molecule has 0 aromatic heterocycles. The molecule has 1 nitrogen and oxygen atoms in total. The normalized spacial score (nSPS) is 18.2. The molecule has 92 valence electrons. The zero-order valence-electron chi connectivity index (χ0n) is 10.3. The summed E-state index contributed by atoms with van der Waals surface area (Å²) >= 11 is 3.45. The highest BCUT2D eigenvalue weighted by Gasteiger charge is 2.29. The van der Waals surface area contributed by atoms with Crippen molar-refractivity contribution < 1.29 is 4.79 Å².